The molecule has 1 aromatic rings. The quantitative estimate of drug-likeness (QED) is 0.799. The highest BCUT2D eigenvalue weighted by atomic mass is 16.5. The largest absolute Gasteiger partial charge is 0.493 e. The molecule has 1 spiro atoms. The number of aliphatic hydroxyl groups is 1. The lowest BCUT2D eigenvalue weighted by Gasteiger charge is -2.56. The van der Waals surface area contributed by atoms with Crippen LogP contribution in [0.5, 0.6) is 11.5 Å². The van der Waals surface area contributed by atoms with Crippen molar-refractivity contribution in [1.82, 2.24) is 4.90 Å². The molecule has 1 fully saturated rings. The van der Waals surface area contributed by atoms with Crippen molar-refractivity contribution in [3.63, 3.8) is 0 Å². The molecule has 22 heavy (non-hydrogen) atoms. The monoisotopic (exact) mass is 308 g/mol. The number of hydrogen-bond acceptors (Lipinski definition) is 4. The Morgan fingerprint density at radius 1 is 1.59 bits per heavy atom. The van der Waals surface area contributed by atoms with E-state index in [0.717, 1.165) is 0 Å². The maximum Gasteiger partial charge on any atom is 0.165 e. The lowest BCUT2D eigenvalue weighted by Crippen LogP contribution is -2.64. The Labute approximate surface area is 143 Å². The minimum atomic E-state index is -2.96. The predicted molar refractivity (Wildman–Crippen MR) is 82.5 cm³/mol. The zero-order valence-corrected chi connectivity index (χ0v) is 11.9. The highest BCUT2D eigenvalue weighted by Crippen LogP contribution is 2.62. The summed E-state index contributed by atoms with van der Waals surface area (Å²) < 4.78 is 85.8. The fraction of sp³-hybridized carbons (Fsp3) is 0.556. The predicted octanol–water partition coefficient (Wildman–Crippen LogP) is 1.50. The molecule has 1 N–H and O–H groups in total. The van der Waals surface area contributed by atoms with Gasteiger partial charge in [0.1, 0.15) is 12.2 Å². The Balaban J connectivity index is 1.94. The lowest BCUT2D eigenvalue weighted by molar-refractivity contribution is -0.0453. The van der Waals surface area contributed by atoms with Crippen LogP contribution in [0.3, 0.4) is 0 Å². The molecule has 1 aromatic carbocycles. The number of likely N-dealkylation sites (N-methyl/N-ethyl adjacent to an activating group) is 1. The van der Waals surface area contributed by atoms with Gasteiger partial charge in [-0.05, 0) is 38.0 Å². The van der Waals surface area contributed by atoms with Gasteiger partial charge in [-0.25, -0.2) is 0 Å². The van der Waals surface area contributed by atoms with Crippen LogP contribution < -0.4 is 9.47 Å². The topological polar surface area (TPSA) is 41.9 Å². The van der Waals surface area contributed by atoms with Gasteiger partial charge in [0.2, 0.25) is 0 Å². The third kappa shape index (κ3) is 1.28. The van der Waals surface area contributed by atoms with Crippen molar-refractivity contribution in [2.75, 3.05) is 20.6 Å². The van der Waals surface area contributed by atoms with Crippen LogP contribution in [0.1, 0.15) is 29.9 Å². The van der Waals surface area contributed by atoms with Crippen molar-refractivity contribution in [3.05, 3.63) is 35.4 Å². The van der Waals surface area contributed by atoms with E-state index in [9.17, 15) is 6.48 Å². The van der Waals surface area contributed by atoms with Gasteiger partial charge in [0.25, 0.3) is 0 Å². The first-order valence-electron chi connectivity index (χ1n) is 11.8. The van der Waals surface area contributed by atoms with Crippen LogP contribution in [0.25, 0.3) is 0 Å². The summed E-state index contributed by atoms with van der Waals surface area (Å²) >= 11 is 0. The van der Waals surface area contributed by atoms with Crippen LogP contribution >= 0.6 is 0 Å². The Kier molecular flexibility index (Phi) is 1.28. The number of benzene rings is 1. The van der Waals surface area contributed by atoms with Gasteiger partial charge in [0.05, 0.1) is 15.3 Å². The van der Waals surface area contributed by atoms with Crippen molar-refractivity contribution in [3.8, 4) is 11.5 Å². The molecule has 0 amide bonds. The van der Waals surface area contributed by atoms with Crippen LogP contribution in [0.15, 0.2) is 24.2 Å². The lowest BCUT2D eigenvalue weighted by atomic mass is 9.53. The average molecular weight is 308 g/mol. The van der Waals surface area contributed by atoms with Gasteiger partial charge in [-0.1, -0.05) is 18.2 Å². The summed E-state index contributed by atoms with van der Waals surface area (Å²) in [4.78, 5) is 1.55. The van der Waals surface area contributed by atoms with E-state index in [-0.39, 0.29) is 29.8 Å². The van der Waals surface area contributed by atoms with Gasteiger partial charge in [0.15, 0.2) is 11.5 Å². The first kappa shape index (κ1) is 6.93. The summed E-state index contributed by atoms with van der Waals surface area (Å²) in [7, 11) is -1.35. The standard InChI is InChI=1S/C18H21NO3/c1-19-8-7-18-11-4-5-13(20)17(18)22-16-14(21-2)6-3-10(15(16)18)9-12(11)19/h3-6,11-13,17,20H,7-9H2,1-2H3/t11-,12+,13?,17?,18-/m0/s1/i2D3,3D,6D,9D2,12D,13D. The van der Waals surface area contributed by atoms with Crippen molar-refractivity contribution < 1.29 is 26.9 Å². The van der Waals surface area contributed by atoms with Gasteiger partial charge < -0.3 is 19.5 Å². The number of methoxy groups -OCH3 is 1. The number of piperidine rings is 1. The van der Waals surface area contributed by atoms with Gasteiger partial charge in [-0.2, -0.15) is 0 Å². The van der Waals surface area contributed by atoms with E-state index in [1.165, 1.54) is 12.2 Å². The fourth-order valence-corrected chi connectivity index (χ4v) is 4.40. The fourth-order valence-electron chi connectivity index (χ4n) is 4.40. The van der Waals surface area contributed by atoms with E-state index in [2.05, 4.69) is 0 Å². The van der Waals surface area contributed by atoms with Gasteiger partial charge in [-0.3, -0.25) is 0 Å². The highest BCUT2D eigenvalue weighted by Gasteiger charge is 2.64. The molecule has 4 nitrogen and oxygen atoms in total. The van der Waals surface area contributed by atoms with Crippen molar-refractivity contribution >= 4 is 0 Å². The zero-order valence-electron chi connectivity index (χ0n) is 20.9. The third-order valence-electron chi connectivity index (χ3n) is 5.36. The molecular formula is C18H21NO3. The minimum absolute atomic E-state index is 0.138. The maximum atomic E-state index is 10.8. The molecule has 5 atom stereocenters. The summed E-state index contributed by atoms with van der Waals surface area (Å²) in [5.74, 6) is -1.61. The molecule has 2 aliphatic carbocycles. The van der Waals surface area contributed by atoms with Crippen molar-refractivity contribution in [2.45, 2.75) is 36.4 Å². The van der Waals surface area contributed by atoms with E-state index < -0.39 is 60.8 Å². The Bertz CT molecular complexity index is 1040. The summed E-state index contributed by atoms with van der Waals surface area (Å²) in [6, 6.07) is -3.16. The summed E-state index contributed by atoms with van der Waals surface area (Å²) in [6.45, 7) is 0.258. The third-order valence-corrected chi connectivity index (χ3v) is 5.36. The van der Waals surface area contributed by atoms with Crippen LogP contribution in [-0.4, -0.2) is 48.8 Å². The van der Waals surface area contributed by atoms with E-state index >= 15 is 0 Å². The Morgan fingerprint density at radius 2 is 2.50 bits per heavy atom. The molecule has 2 aliphatic heterocycles. The summed E-state index contributed by atoms with van der Waals surface area (Å²) in [6.07, 6.45) is -3.04. The van der Waals surface area contributed by atoms with Gasteiger partial charge in [-0.15, -0.1) is 0 Å². The van der Waals surface area contributed by atoms with Crippen LogP contribution in [-0.2, 0) is 11.8 Å². The molecule has 4 heteroatoms. The van der Waals surface area contributed by atoms with Crippen LogP contribution in [0.2, 0.25) is 0 Å². The second kappa shape index (κ2) is 4.06. The van der Waals surface area contributed by atoms with E-state index in [1.807, 2.05) is 0 Å². The first-order chi connectivity index (χ1) is 14.1. The van der Waals surface area contributed by atoms with E-state index in [4.69, 9.17) is 20.4 Å². The number of likely N-dealkylation sites (tertiary alicyclic amines) is 1. The molecule has 0 saturated carbocycles. The van der Waals surface area contributed by atoms with Crippen molar-refractivity contribution in [2.24, 2.45) is 5.92 Å². The highest BCUT2D eigenvalue weighted by molar-refractivity contribution is 5.62. The van der Waals surface area contributed by atoms with E-state index in [0.29, 0.717) is 0 Å². The summed E-state index contributed by atoms with van der Waals surface area (Å²) in [5.41, 5.74) is -1.35. The first-order valence-corrected chi connectivity index (χ1v) is 7.27. The molecule has 1 saturated heterocycles. The normalized spacial score (nSPS) is 56.5. The van der Waals surface area contributed by atoms with Gasteiger partial charge >= 0.3 is 0 Å². The van der Waals surface area contributed by atoms with Crippen molar-refractivity contribution in [1.29, 1.82) is 0 Å². The van der Waals surface area contributed by atoms with E-state index in [1.54, 1.807) is 11.9 Å². The second-order valence-corrected chi connectivity index (χ2v) is 6.24. The minimum Gasteiger partial charge on any atom is -0.493 e. The number of ether oxygens (including phenoxy) is 2. The Morgan fingerprint density at radius 3 is 3.36 bits per heavy atom. The molecule has 0 radical (unpaired) electrons. The molecule has 116 valence electrons. The smallest absolute Gasteiger partial charge is 0.165 e. The molecule has 2 bridgehead atoms. The zero-order chi connectivity index (χ0) is 22.9. The molecule has 5 rings (SSSR count). The maximum absolute atomic E-state index is 10.8. The van der Waals surface area contributed by atoms with Gasteiger partial charge in [0, 0.05) is 27.0 Å². The molecule has 0 aromatic heterocycles. The number of nitrogens with zero attached hydrogens (tertiary/aromatic N) is 1. The second-order valence-electron chi connectivity index (χ2n) is 6.24. The Hall–Kier alpha value is -1.52. The molecule has 4 aliphatic rings. The average Bonchev–Trinajstić information content (AvgIpc) is 2.97. The molecule has 2 unspecified atom stereocenters. The molecule has 2 heterocycles. The number of hydrogen-bond donors (Lipinski definition) is 1. The van der Waals surface area contributed by atoms with Crippen LogP contribution in [0, 0.1) is 5.92 Å². The number of rotatable bonds is 1. The SMILES string of the molecule is [2H]c1c([2H])c2c3c(c1OC([2H])([2H])[2H])OC1C([2H])(O)C=C[C@@H]4[C@@]31CCN(C)[C@]4([2H])C2([2H])[2H]. The van der Waals surface area contributed by atoms with Crippen LogP contribution in [0.4, 0.5) is 0 Å². The summed E-state index contributed by atoms with van der Waals surface area (Å²) in [5, 5.41) is 10.8. The molecular weight excluding hydrogens is 278 g/mol.